The van der Waals surface area contributed by atoms with Gasteiger partial charge in [-0.2, -0.15) is 11.8 Å². The van der Waals surface area contributed by atoms with E-state index >= 15 is 0 Å². The largest absolute Gasteiger partial charge is 0.399 e. The number of nitrogens with one attached hydrogen (secondary N) is 1. The first kappa shape index (κ1) is 16.3. The fourth-order valence-electron chi connectivity index (χ4n) is 1.38. The van der Waals surface area contributed by atoms with Crippen LogP contribution >= 0.6 is 11.8 Å². The molecule has 0 saturated heterocycles. The molecular formula is C12H19FN2O2S2. The molecule has 0 unspecified atom stereocenters. The standard InChI is InChI=1S/C12H19FN2O2S2/c1-8-5-9(14)6-10(11(8)13)19(16,17)15-7-12(2,3)18-4/h5-6,15H,7,14H2,1-4H3. The molecule has 3 N–H and O–H groups in total. The zero-order valence-corrected chi connectivity index (χ0v) is 13.1. The molecule has 19 heavy (non-hydrogen) atoms. The number of aryl methyl sites for hydroxylation is 1. The Morgan fingerprint density at radius 3 is 2.53 bits per heavy atom. The molecule has 0 fully saturated rings. The molecule has 0 amide bonds. The molecule has 0 saturated carbocycles. The van der Waals surface area contributed by atoms with Crippen LogP contribution in [0.5, 0.6) is 0 Å². The summed E-state index contributed by atoms with van der Waals surface area (Å²) >= 11 is 1.53. The van der Waals surface area contributed by atoms with E-state index in [4.69, 9.17) is 5.73 Å². The van der Waals surface area contributed by atoms with Gasteiger partial charge in [0, 0.05) is 17.0 Å². The summed E-state index contributed by atoms with van der Waals surface area (Å²) in [5.41, 5.74) is 6.01. The summed E-state index contributed by atoms with van der Waals surface area (Å²) in [7, 11) is -3.90. The molecular weight excluding hydrogens is 287 g/mol. The SMILES string of the molecule is CSC(C)(C)CNS(=O)(=O)c1cc(N)cc(C)c1F. The second-order valence-corrected chi connectivity index (χ2v) is 8.19. The Kier molecular flexibility index (Phi) is 4.86. The third-order valence-corrected chi connectivity index (χ3v) is 5.42. The fourth-order valence-corrected chi connectivity index (χ4v) is 3.08. The van der Waals surface area contributed by atoms with Crippen molar-refractivity contribution in [2.75, 3.05) is 18.5 Å². The van der Waals surface area contributed by atoms with E-state index in [1.807, 2.05) is 20.1 Å². The maximum atomic E-state index is 13.9. The highest BCUT2D eigenvalue weighted by molar-refractivity contribution is 8.00. The van der Waals surface area contributed by atoms with E-state index in [-0.39, 0.29) is 22.5 Å². The minimum Gasteiger partial charge on any atom is -0.399 e. The first-order valence-corrected chi connectivity index (χ1v) is 8.40. The lowest BCUT2D eigenvalue weighted by atomic mass is 10.2. The van der Waals surface area contributed by atoms with Gasteiger partial charge in [-0.05, 0) is 44.7 Å². The van der Waals surface area contributed by atoms with Crippen molar-refractivity contribution in [1.29, 1.82) is 0 Å². The summed E-state index contributed by atoms with van der Waals surface area (Å²) in [6.07, 6.45) is 1.89. The number of halogens is 1. The molecule has 0 spiro atoms. The average molecular weight is 306 g/mol. The molecule has 108 valence electrons. The van der Waals surface area contributed by atoms with E-state index < -0.39 is 20.7 Å². The Morgan fingerprint density at radius 1 is 1.42 bits per heavy atom. The number of hydrogen-bond acceptors (Lipinski definition) is 4. The third kappa shape index (κ3) is 4.09. The molecule has 0 bridgehead atoms. The van der Waals surface area contributed by atoms with E-state index in [0.717, 1.165) is 6.07 Å². The average Bonchev–Trinajstić information content (AvgIpc) is 2.31. The Hall–Kier alpha value is -0.790. The topological polar surface area (TPSA) is 72.2 Å². The van der Waals surface area contributed by atoms with Gasteiger partial charge in [0.25, 0.3) is 0 Å². The minimum atomic E-state index is -3.90. The van der Waals surface area contributed by atoms with Crippen molar-refractivity contribution in [3.05, 3.63) is 23.5 Å². The Labute approximate surface area is 118 Å². The van der Waals surface area contributed by atoms with Gasteiger partial charge in [0.15, 0.2) is 0 Å². The molecule has 7 heteroatoms. The fraction of sp³-hybridized carbons (Fsp3) is 0.500. The number of nitrogen functional groups attached to an aromatic ring is 1. The lowest BCUT2D eigenvalue weighted by molar-refractivity contribution is 0.547. The summed E-state index contributed by atoms with van der Waals surface area (Å²) in [4.78, 5) is -0.401. The Morgan fingerprint density at radius 2 is 2.00 bits per heavy atom. The highest BCUT2D eigenvalue weighted by Crippen LogP contribution is 2.24. The van der Waals surface area contributed by atoms with E-state index in [2.05, 4.69) is 4.72 Å². The molecule has 0 radical (unpaired) electrons. The van der Waals surface area contributed by atoms with Gasteiger partial charge in [0.05, 0.1) is 0 Å². The van der Waals surface area contributed by atoms with Crippen LogP contribution < -0.4 is 10.5 Å². The predicted molar refractivity (Wildman–Crippen MR) is 78.3 cm³/mol. The molecule has 0 heterocycles. The van der Waals surface area contributed by atoms with Crippen molar-refractivity contribution in [2.45, 2.75) is 30.4 Å². The van der Waals surface area contributed by atoms with E-state index in [1.165, 1.54) is 24.8 Å². The monoisotopic (exact) mass is 306 g/mol. The number of hydrogen-bond donors (Lipinski definition) is 2. The van der Waals surface area contributed by atoms with Gasteiger partial charge >= 0.3 is 0 Å². The number of thioether (sulfide) groups is 1. The van der Waals surface area contributed by atoms with Gasteiger partial charge < -0.3 is 5.73 Å². The molecule has 0 atom stereocenters. The van der Waals surface area contributed by atoms with Crippen LogP contribution in [0, 0.1) is 12.7 Å². The van der Waals surface area contributed by atoms with Crippen LogP contribution in [0.15, 0.2) is 17.0 Å². The van der Waals surface area contributed by atoms with E-state index in [0.29, 0.717) is 0 Å². The van der Waals surface area contributed by atoms with Crippen molar-refractivity contribution in [2.24, 2.45) is 0 Å². The Balaban J connectivity index is 3.08. The first-order chi connectivity index (χ1) is 8.59. The second kappa shape index (κ2) is 5.68. The van der Waals surface area contributed by atoms with Crippen molar-refractivity contribution >= 4 is 27.5 Å². The predicted octanol–water partition coefficient (Wildman–Crippen LogP) is 2.14. The molecule has 0 aliphatic rings. The van der Waals surface area contributed by atoms with Crippen LogP contribution in [-0.4, -0.2) is 26.0 Å². The molecule has 0 aliphatic heterocycles. The Bertz CT molecular complexity index is 571. The number of nitrogens with two attached hydrogens (primary N) is 1. The molecule has 0 aromatic heterocycles. The maximum absolute atomic E-state index is 13.9. The van der Waals surface area contributed by atoms with Crippen LogP contribution in [0.25, 0.3) is 0 Å². The summed E-state index contributed by atoms with van der Waals surface area (Å²) in [6, 6.07) is 2.54. The van der Waals surface area contributed by atoms with Crippen LogP contribution in [-0.2, 0) is 10.0 Å². The van der Waals surface area contributed by atoms with Gasteiger partial charge in [-0.1, -0.05) is 0 Å². The second-order valence-electron chi connectivity index (χ2n) is 4.94. The number of benzene rings is 1. The summed E-state index contributed by atoms with van der Waals surface area (Å²) < 4.78 is 40.3. The summed E-state index contributed by atoms with van der Waals surface area (Å²) in [5, 5.41) is 0. The van der Waals surface area contributed by atoms with Crippen LogP contribution in [0.4, 0.5) is 10.1 Å². The molecule has 0 aliphatic carbocycles. The number of anilines is 1. The van der Waals surface area contributed by atoms with E-state index in [1.54, 1.807) is 0 Å². The van der Waals surface area contributed by atoms with Gasteiger partial charge in [-0.15, -0.1) is 0 Å². The third-order valence-electron chi connectivity index (χ3n) is 2.77. The molecule has 1 rings (SSSR count). The lowest BCUT2D eigenvalue weighted by Gasteiger charge is -2.22. The van der Waals surface area contributed by atoms with Crippen LogP contribution in [0.3, 0.4) is 0 Å². The minimum absolute atomic E-state index is 0.212. The number of rotatable bonds is 5. The molecule has 1 aromatic rings. The van der Waals surface area contributed by atoms with Crippen molar-refractivity contribution in [3.8, 4) is 0 Å². The highest BCUT2D eigenvalue weighted by atomic mass is 32.2. The zero-order valence-electron chi connectivity index (χ0n) is 11.5. The zero-order chi connectivity index (χ0) is 14.8. The van der Waals surface area contributed by atoms with Crippen LogP contribution in [0.1, 0.15) is 19.4 Å². The maximum Gasteiger partial charge on any atom is 0.243 e. The lowest BCUT2D eigenvalue weighted by Crippen LogP contribution is -2.36. The normalized spacial score (nSPS) is 12.7. The van der Waals surface area contributed by atoms with Gasteiger partial charge in [0.2, 0.25) is 10.0 Å². The van der Waals surface area contributed by atoms with Crippen molar-refractivity contribution < 1.29 is 12.8 Å². The van der Waals surface area contributed by atoms with Gasteiger partial charge in [-0.3, -0.25) is 0 Å². The smallest absolute Gasteiger partial charge is 0.243 e. The quantitative estimate of drug-likeness (QED) is 0.818. The molecule has 1 aromatic carbocycles. The molecule has 4 nitrogen and oxygen atoms in total. The summed E-state index contributed by atoms with van der Waals surface area (Å²) in [6.45, 7) is 5.50. The van der Waals surface area contributed by atoms with Crippen LogP contribution in [0.2, 0.25) is 0 Å². The van der Waals surface area contributed by atoms with Gasteiger partial charge in [0.1, 0.15) is 10.7 Å². The number of sulfonamides is 1. The van der Waals surface area contributed by atoms with Crippen molar-refractivity contribution in [3.63, 3.8) is 0 Å². The van der Waals surface area contributed by atoms with E-state index in [9.17, 15) is 12.8 Å². The van der Waals surface area contributed by atoms with Crippen molar-refractivity contribution in [1.82, 2.24) is 4.72 Å². The van der Waals surface area contributed by atoms with Gasteiger partial charge in [-0.25, -0.2) is 17.5 Å². The summed E-state index contributed by atoms with van der Waals surface area (Å²) in [5.74, 6) is -0.761. The first-order valence-electron chi connectivity index (χ1n) is 5.69. The highest BCUT2D eigenvalue weighted by Gasteiger charge is 2.24.